The summed E-state index contributed by atoms with van der Waals surface area (Å²) in [6.45, 7) is 1.36. The summed E-state index contributed by atoms with van der Waals surface area (Å²) >= 11 is 6.02. The first kappa shape index (κ1) is 13.9. The smallest absolute Gasteiger partial charge is 0.123 e. The minimum absolute atomic E-state index is 0.563. The Bertz CT molecular complexity index is 513. The summed E-state index contributed by atoms with van der Waals surface area (Å²) in [6.07, 6.45) is 0.841. The second kappa shape index (κ2) is 7.17. The highest BCUT2D eigenvalue weighted by atomic mass is 35.5. The first-order chi connectivity index (χ1) is 9.29. The number of hydrogen-bond donors (Lipinski definition) is 1. The van der Waals surface area contributed by atoms with E-state index in [4.69, 9.17) is 16.3 Å². The zero-order valence-electron chi connectivity index (χ0n) is 10.7. The highest BCUT2D eigenvalue weighted by Crippen LogP contribution is 2.24. The quantitative estimate of drug-likeness (QED) is 0.864. The molecule has 0 atom stereocenters. The number of nitrogens with one attached hydrogen (secondary N) is 1. The second-order valence-corrected chi connectivity index (χ2v) is 4.71. The van der Waals surface area contributed by atoms with Crippen molar-refractivity contribution in [2.75, 3.05) is 6.54 Å². The van der Waals surface area contributed by atoms with Gasteiger partial charge in [-0.05, 0) is 42.3 Å². The molecule has 0 heterocycles. The Morgan fingerprint density at radius 2 is 1.89 bits per heavy atom. The Morgan fingerprint density at radius 1 is 1.11 bits per heavy atom. The Balaban J connectivity index is 2.06. The summed E-state index contributed by atoms with van der Waals surface area (Å²) in [4.78, 5) is 0. The summed E-state index contributed by atoms with van der Waals surface area (Å²) in [5.74, 6) is 0.878. The minimum atomic E-state index is 0.563. The van der Waals surface area contributed by atoms with Gasteiger partial charge in [0.1, 0.15) is 12.4 Å². The average molecular weight is 275 g/mol. The topological polar surface area (TPSA) is 21.3 Å². The van der Waals surface area contributed by atoms with Crippen LogP contribution in [0.15, 0.2) is 48.5 Å². The molecular weight excluding hydrogens is 258 g/mol. The predicted octanol–water partition coefficient (Wildman–Crippen LogP) is 3.84. The van der Waals surface area contributed by atoms with Crippen molar-refractivity contribution in [2.24, 2.45) is 0 Å². The molecule has 0 spiro atoms. The van der Waals surface area contributed by atoms with Crippen molar-refractivity contribution in [3.05, 3.63) is 71.7 Å². The maximum Gasteiger partial charge on any atom is 0.123 e. The molecule has 0 aliphatic rings. The van der Waals surface area contributed by atoms with Crippen molar-refractivity contribution in [2.45, 2.75) is 13.0 Å². The van der Waals surface area contributed by atoms with Crippen LogP contribution >= 0.6 is 11.6 Å². The highest BCUT2D eigenvalue weighted by Gasteiger charge is 2.05. The molecule has 2 nitrogen and oxygen atoms in total. The van der Waals surface area contributed by atoms with Crippen LogP contribution in [0.3, 0.4) is 0 Å². The lowest BCUT2D eigenvalue weighted by Crippen LogP contribution is -2.09. The molecule has 0 saturated carbocycles. The fourth-order valence-electron chi connectivity index (χ4n) is 1.84. The van der Waals surface area contributed by atoms with E-state index in [2.05, 4.69) is 12.4 Å². The van der Waals surface area contributed by atoms with Gasteiger partial charge in [-0.15, -0.1) is 0 Å². The highest BCUT2D eigenvalue weighted by molar-refractivity contribution is 6.30. The van der Waals surface area contributed by atoms with E-state index in [-0.39, 0.29) is 0 Å². The van der Waals surface area contributed by atoms with Crippen molar-refractivity contribution in [3.8, 4) is 5.75 Å². The predicted molar refractivity (Wildman–Crippen MR) is 79.3 cm³/mol. The van der Waals surface area contributed by atoms with Crippen molar-refractivity contribution < 1.29 is 4.74 Å². The summed E-state index contributed by atoms with van der Waals surface area (Å²) < 4.78 is 5.87. The third kappa shape index (κ3) is 4.27. The Kier molecular flexibility index (Phi) is 5.25. The lowest BCUT2D eigenvalue weighted by atomic mass is 10.1. The van der Waals surface area contributed by atoms with Gasteiger partial charge in [0, 0.05) is 12.1 Å². The fraction of sp³-hybridized carbons (Fsp3) is 0.188. The van der Waals surface area contributed by atoms with Crippen LogP contribution in [-0.2, 0) is 13.0 Å². The molecule has 0 saturated heterocycles. The molecular formula is C16H17ClNO. The first-order valence-corrected chi connectivity index (χ1v) is 6.62. The molecule has 99 valence electrons. The normalized spacial score (nSPS) is 10.4. The van der Waals surface area contributed by atoms with Crippen LogP contribution in [0.25, 0.3) is 0 Å². The van der Waals surface area contributed by atoms with Crippen LogP contribution in [0.2, 0.25) is 5.02 Å². The van der Waals surface area contributed by atoms with E-state index in [1.54, 1.807) is 0 Å². The summed E-state index contributed by atoms with van der Waals surface area (Å²) in [7, 11) is 3.62. The van der Waals surface area contributed by atoms with Crippen LogP contribution in [0, 0.1) is 7.05 Å². The average Bonchev–Trinajstić information content (AvgIpc) is 2.45. The van der Waals surface area contributed by atoms with Gasteiger partial charge in [0.05, 0.1) is 0 Å². The van der Waals surface area contributed by atoms with Gasteiger partial charge in [-0.3, -0.25) is 0 Å². The summed E-state index contributed by atoms with van der Waals surface area (Å²) in [5.41, 5.74) is 2.25. The number of ether oxygens (including phenoxy) is 1. The van der Waals surface area contributed by atoms with E-state index in [1.807, 2.05) is 48.5 Å². The van der Waals surface area contributed by atoms with E-state index in [1.165, 1.54) is 0 Å². The van der Waals surface area contributed by atoms with E-state index in [9.17, 15) is 0 Å². The molecule has 1 N–H and O–H groups in total. The lowest BCUT2D eigenvalue weighted by Gasteiger charge is -2.12. The molecule has 19 heavy (non-hydrogen) atoms. The van der Waals surface area contributed by atoms with Gasteiger partial charge in [0.15, 0.2) is 0 Å². The van der Waals surface area contributed by atoms with Crippen molar-refractivity contribution in [1.82, 2.24) is 5.32 Å². The summed E-state index contributed by atoms with van der Waals surface area (Å²) in [6, 6.07) is 15.8. The molecule has 2 aromatic rings. The van der Waals surface area contributed by atoms with Crippen LogP contribution in [0.5, 0.6) is 5.75 Å². The van der Waals surface area contributed by atoms with Gasteiger partial charge < -0.3 is 10.1 Å². The molecule has 0 unspecified atom stereocenters. The van der Waals surface area contributed by atoms with Gasteiger partial charge in [-0.25, -0.2) is 0 Å². The van der Waals surface area contributed by atoms with Gasteiger partial charge in [0.25, 0.3) is 0 Å². The molecule has 0 amide bonds. The number of benzene rings is 2. The van der Waals surface area contributed by atoms with E-state index in [0.29, 0.717) is 6.61 Å². The molecule has 2 rings (SSSR count). The summed E-state index contributed by atoms with van der Waals surface area (Å²) in [5, 5.41) is 3.62. The monoisotopic (exact) mass is 274 g/mol. The van der Waals surface area contributed by atoms with E-state index in [0.717, 1.165) is 34.9 Å². The molecule has 0 aliphatic heterocycles. The lowest BCUT2D eigenvalue weighted by molar-refractivity contribution is 0.303. The van der Waals surface area contributed by atoms with Crippen molar-refractivity contribution in [1.29, 1.82) is 0 Å². The van der Waals surface area contributed by atoms with Gasteiger partial charge >= 0.3 is 0 Å². The Hall–Kier alpha value is -1.51. The van der Waals surface area contributed by atoms with Crippen molar-refractivity contribution in [3.63, 3.8) is 0 Å². The van der Waals surface area contributed by atoms with Crippen LogP contribution in [0.1, 0.15) is 11.1 Å². The third-order valence-corrected chi connectivity index (χ3v) is 3.07. The van der Waals surface area contributed by atoms with Gasteiger partial charge in [-0.1, -0.05) is 41.9 Å². The Morgan fingerprint density at radius 3 is 2.63 bits per heavy atom. The molecule has 0 fully saturated rings. The number of hydrogen-bond acceptors (Lipinski definition) is 2. The second-order valence-electron chi connectivity index (χ2n) is 4.28. The van der Waals surface area contributed by atoms with Gasteiger partial charge in [-0.2, -0.15) is 0 Å². The van der Waals surface area contributed by atoms with Crippen LogP contribution in [0.4, 0.5) is 0 Å². The zero-order chi connectivity index (χ0) is 13.5. The molecule has 0 aliphatic carbocycles. The molecule has 2 aromatic carbocycles. The van der Waals surface area contributed by atoms with E-state index < -0.39 is 0 Å². The largest absolute Gasteiger partial charge is 0.489 e. The molecule has 0 aromatic heterocycles. The third-order valence-electron chi connectivity index (χ3n) is 2.83. The van der Waals surface area contributed by atoms with E-state index >= 15 is 0 Å². The SMILES string of the molecule is [CH2]NCCc1cc(Cl)ccc1OCc1ccccc1. The maximum absolute atomic E-state index is 6.02. The maximum atomic E-state index is 6.02. The zero-order valence-corrected chi connectivity index (χ0v) is 11.5. The Labute approximate surface area is 119 Å². The standard InChI is InChI=1S/C16H17ClNO/c1-18-10-9-14-11-15(17)7-8-16(14)19-12-13-5-3-2-4-6-13/h2-8,11,18H,1,9-10,12H2. The van der Waals surface area contributed by atoms with Gasteiger partial charge in [0.2, 0.25) is 0 Å². The van der Waals surface area contributed by atoms with Crippen LogP contribution in [-0.4, -0.2) is 6.54 Å². The molecule has 0 bridgehead atoms. The number of rotatable bonds is 6. The number of halogens is 1. The molecule has 1 radical (unpaired) electrons. The molecule has 3 heteroatoms. The fourth-order valence-corrected chi connectivity index (χ4v) is 2.04. The first-order valence-electron chi connectivity index (χ1n) is 6.24. The minimum Gasteiger partial charge on any atom is -0.489 e. The van der Waals surface area contributed by atoms with Crippen LogP contribution < -0.4 is 10.1 Å². The van der Waals surface area contributed by atoms with Crippen molar-refractivity contribution >= 4 is 11.6 Å².